The first kappa shape index (κ1) is 32.4. The SMILES string of the molecule is CCNC(=O)C(Cc1ccccc1)N(Cc1ccc(Cl)c(Cl)c1)C(=O)CN(c1ccccc1)S(=O)(=O)c1ccc(Cl)cc1. The number of anilines is 1. The van der Waals surface area contributed by atoms with Crippen molar-refractivity contribution in [1.29, 1.82) is 0 Å². The Morgan fingerprint density at radius 1 is 0.791 bits per heavy atom. The number of rotatable bonds is 12. The summed E-state index contributed by atoms with van der Waals surface area (Å²) in [5, 5.41) is 3.84. The number of nitrogens with zero attached hydrogens (tertiary/aromatic N) is 2. The van der Waals surface area contributed by atoms with E-state index < -0.39 is 28.5 Å². The number of para-hydroxylation sites is 1. The Labute approximate surface area is 267 Å². The van der Waals surface area contributed by atoms with Crippen molar-refractivity contribution < 1.29 is 18.0 Å². The molecule has 2 amide bonds. The summed E-state index contributed by atoms with van der Waals surface area (Å²) < 4.78 is 28.9. The molecule has 0 fully saturated rings. The molecular weight excluding hydrogens is 629 g/mol. The Morgan fingerprint density at radius 3 is 2.02 bits per heavy atom. The molecule has 0 aliphatic heterocycles. The number of benzene rings is 4. The molecule has 4 aromatic rings. The average molecular weight is 659 g/mol. The van der Waals surface area contributed by atoms with Crippen LogP contribution >= 0.6 is 34.8 Å². The van der Waals surface area contributed by atoms with Crippen LogP contribution in [-0.2, 0) is 32.6 Å². The first-order valence-corrected chi connectivity index (χ1v) is 16.1. The summed E-state index contributed by atoms with van der Waals surface area (Å²) in [7, 11) is -4.21. The Kier molecular flexibility index (Phi) is 11.1. The highest BCUT2D eigenvalue weighted by Gasteiger charge is 2.34. The Morgan fingerprint density at radius 2 is 1.42 bits per heavy atom. The zero-order valence-electron chi connectivity index (χ0n) is 23.3. The van der Waals surface area contributed by atoms with Gasteiger partial charge in [-0.15, -0.1) is 0 Å². The van der Waals surface area contributed by atoms with Crippen LogP contribution in [0.25, 0.3) is 0 Å². The van der Waals surface area contributed by atoms with Crippen molar-refractivity contribution in [3.05, 3.63) is 129 Å². The maximum atomic E-state index is 14.3. The van der Waals surface area contributed by atoms with E-state index in [2.05, 4.69) is 5.32 Å². The van der Waals surface area contributed by atoms with Crippen LogP contribution in [0, 0.1) is 0 Å². The van der Waals surface area contributed by atoms with E-state index in [1.165, 1.54) is 29.2 Å². The molecule has 1 unspecified atom stereocenters. The normalized spacial score (nSPS) is 11.9. The molecule has 7 nitrogen and oxygen atoms in total. The number of likely N-dealkylation sites (N-methyl/N-ethyl adjacent to an activating group) is 1. The monoisotopic (exact) mass is 657 g/mol. The molecule has 0 radical (unpaired) electrons. The maximum absolute atomic E-state index is 14.3. The van der Waals surface area contributed by atoms with Crippen molar-refractivity contribution in [1.82, 2.24) is 10.2 Å². The van der Waals surface area contributed by atoms with Gasteiger partial charge in [-0.3, -0.25) is 13.9 Å². The van der Waals surface area contributed by atoms with E-state index in [0.717, 1.165) is 9.87 Å². The molecule has 224 valence electrons. The second kappa shape index (κ2) is 14.8. The molecule has 0 saturated carbocycles. The number of carbonyl (C=O) groups excluding carboxylic acids is 2. The summed E-state index contributed by atoms with van der Waals surface area (Å²) in [5.74, 6) is -0.953. The van der Waals surface area contributed by atoms with Crippen molar-refractivity contribution in [2.75, 3.05) is 17.4 Å². The molecular formula is C32H30Cl3N3O4S. The van der Waals surface area contributed by atoms with Crippen molar-refractivity contribution in [3.63, 3.8) is 0 Å². The zero-order chi connectivity index (χ0) is 31.0. The molecule has 11 heteroatoms. The van der Waals surface area contributed by atoms with Gasteiger partial charge in [0.15, 0.2) is 0 Å². The fraction of sp³-hybridized carbons (Fsp3) is 0.188. The zero-order valence-corrected chi connectivity index (χ0v) is 26.4. The lowest BCUT2D eigenvalue weighted by Crippen LogP contribution is -2.53. The van der Waals surface area contributed by atoms with E-state index in [4.69, 9.17) is 34.8 Å². The largest absolute Gasteiger partial charge is 0.355 e. The van der Waals surface area contributed by atoms with Gasteiger partial charge in [-0.25, -0.2) is 8.42 Å². The second-order valence-electron chi connectivity index (χ2n) is 9.67. The topological polar surface area (TPSA) is 86.8 Å². The Balaban J connectivity index is 1.79. The van der Waals surface area contributed by atoms with Crippen LogP contribution in [0.1, 0.15) is 18.1 Å². The predicted octanol–water partition coefficient (Wildman–Crippen LogP) is 6.62. The van der Waals surface area contributed by atoms with Gasteiger partial charge in [0.25, 0.3) is 10.0 Å². The first-order valence-electron chi connectivity index (χ1n) is 13.5. The summed E-state index contributed by atoms with van der Waals surface area (Å²) in [5.41, 5.74) is 1.74. The quantitative estimate of drug-likeness (QED) is 0.185. The summed E-state index contributed by atoms with van der Waals surface area (Å²) in [4.78, 5) is 29.2. The van der Waals surface area contributed by atoms with Crippen molar-refractivity contribution in [3.8, 4) is 0 Å². The van der Waals surface area contributed by atoms with Gasteiger partial charge in [-0.05, 0) is 66.6 Å². The molecule has 0 aliphatic rings. The van der Waals surface area contributed by atoms with Crippen molar-refractivity contribution >= 4 is 62.3 Å². The molecule has 0 saturated heterocycles. The number of sulfonamides is 1. The van der Waals surface area contributed by atoms with Crippen LogP contribution in [0.4, 0.5) is 5.69 Å². The van der Waals surface area contributed by atoms with Crippen LogP contribution < -0.4 is 9.62 Å². The minimum Gasteiger partial charge on any atom is -0.355 e. The Bertz CT molecular complexity index is 1650. The highest BCUT2D eigenvalue weighted by Crippen LogP contribution is 2.27. The van der Waals surface area contributed by atoms with E-state index in [0.29, 0.717) is 27.2 Å². The fourth-order valence-corrected chi connectivity index (χ4v) is 6.40. The summed E-state index contributed by atoms with van der Waals surface area (Å²) in [6.07, 6.45) is 0.203. The van der Waals surface area contributed by atoms with E-state index in [1.807, 2.05) is 30.3 Å². The third-order valence-corrected chi connectivity index (χ3v) is 9.46. The summed E-state index contributed by atoms with van der Waals surface area (Å²) in [6.45, 7) is 1.55. The number of halogens is 3. The standard InChI is InChI=1S/C32H30Cl3N3O4S/c1-2-36-32(40)30(20-23-9-5-3-6-10-23)37(21-24-13-18-28(34)29(35)19-24)31(39)22-38(26-11-7-4-8-12-26)43(41,42)27-16-14-25(33)15-17-27/h3-19,30H,2,20-22H2,1H3,(H,36,40). The van der Waals surface area contributed by atoms with Gasteiger partial charge in [-0.1, -0.05) is 89.4 Å². The number of amides is 2. The molecule has 0 spiro atoms. The van der Waals surface area contributed by atoms with Crippen LogP contribution in [0.15, 0.2) is 108 Å². The van der Waals surface area contributed by atoms with Crippen molar-refractivity contribution in [2.24, 2.45) is 0 Å². The van der Waals surface area contributed by atoms with Gasteiger partial charge in [0.2, 0.25) is 11.8 Å². The predicted molar refractivity (Wildman–Crippen MR) is 172 cm³/mol. The molecule has 1 N–H and O–H groups in total. The first-order chi connectivity index (χ1) is 20.6. The lowest BCUT2D eigenvalue weighted by molar-refractivity contribution is -0.140. The van der Waals surface area contributed by atoms with Gasteiger partial charge in [0.05, 0.1) is 20.6 Å². The van der Waals surface area contributed by atoms with Gasteiger partial charge >= 0.3 is 0 Å². The van der Waals surface area contributed by atoms with Crippen LogP contribution in [0.2, 0.25) is 15.1 Å². The molecule has 0 heterocycles. The molecule has 4 rings (SSSR count). The molecule has 0 aromatic heterocycles. The number of carbonyl (C=O) groups is 2. The molecule has 4 aromatic carbocycles. The van der Waals surface area contributed by atoms with E-state index >= 15 is 0 Å². The number of nitrogens with one attached hydrogen (secondary N) is 1. The summed E-state index contributed by atoms with van der Waals surface area (Å²) in [6, 6.07) is 27.4. The van der Waals surface area contributed by atoms with Crippen LogP contribution in [-0.4, -0.2) is 44.3 Å². The van der Waals surface area contributed by atoms with Gasteiger partial charge < -0.3 is 10.2 Å². The minimum absolute atomic E-state index is 0.0199. The highest BCUT2D eigenvalue weighted by atomic mass is 35.5. The minimum atomic E-state index is -4.21. The molecule has 43 heavy (non-hydrogen) atoms. The smallest absolute Gasteiger partial charge is 0.264 e. The average Bonchev–Trinajstić information content (AvgIpc) is 3.00. The van der Waals surface area contributed by atoms with Crippen molar-refractivity contribution in [2.45, 2.75) is 30.8 Å². The van der Waals surface area contributed by atoms with E-state index in [-0.39, 0.29) is 29.5 Å². The number of hydrogen-bond acceptors (Lipinski definition) is 4. The van der Waals surface area contributed by atoms with Gasteiger partial charge in [0.1, 0.15) is 12.6 Å². The third-order valence-electron chi connectivity index (χ3n) is 6.68. The molecule has 1 atom stereocenters. The second-order valence-corrected chi connectivity index (χ2v) is 12.8. The van der Waals surface area contributed by atoms with Crippen LogP contribution in [0.5, 0.6) is 0 Å². The molecule has 0 bridgehead atoms. The highest BCUT2D eigenvalue weighted by molar-refractivity contribution is 7.92. The van der Waals surface area contributed by atoms with Crippen LogP contribution in [0.3, 0.4) is 0 Å². The van der Waals surface area contributed by atoms with E-state index in [1.54, 1.807) is 55.5 Å². The van der Waals surface area contributed by atoms with Gasteiger partial charge in [0, 0.05) is 24.5 Å². The van der Waals surface area contributed by atoms with Gasteiger partial charge in [-0.2, -0.15) is 0 Å². The van der Waals surface area contributed by atoms with E-state index in [9.17, 15) is 18.0 Å². The number of hydrogen-bond donors (Lipinski definition) is 1. The third kappa shape index (κ3) is 8.30. The molecule has 0 aliphatic carbocycles. The Hall–Kier alpha value is -3.56. The fourth-order valence-electron chi connectivity index (χ4n) is 4.54. The lowest BCUT2D eigenvalue weighted by Gasteiger charge is -2.34. The summed E-state index contributed by atoms with van der Waals surface area (Å²) >= 11 is 18.4. The maximum Gasteiger partial charge on any atom is 0.264 e. The lowest BCUT2D eigenvalue weighted by atomic mass is 10.0.